The monoisotopic (exact) mass is 244 g/mol. The molecule has 1 aliphatic heterocycles. The van der Waals surface area contributed by atoms with E-state index < -0.39 is 0 Å². The molecule has 0 saturated heterocycles. The summed E-state index contributed by atoms with van der Waals surface area (Å²) >= 11 is 0. The quantitative estimate of drug-likeness (QED) is 0.646. The molecule has 3 aliphatic rings. The van der Waals surface area contributed by atoms with Crippen LogP contribution in [0.4, 0.5) is 0 Å². The summed E-state index contributed by atoms with van der Waals surface area (Å²) < 4.78 is 5.47. The van der Waals surface area contributed by atoms with Gasteiger partial charge in [0.05, 0.1) is 5.57 Å². The van der Waals surface area contributed by atoms with Crippen molar-refractivity contribution in [1.29, 1.82) is 0 Å². The van der Waals surface area contributed by atoms with Crippen molar-refractivity contribution in [3.05, 3.63) is 34.6 Å². The first-order valence-corrected chi connectivity index (χ1v) is 7.20. The minimum atomic E-state index is -0.128. The van der Waals surface area contributed by atoms with E-state index in [-0.39, 0.29) is 5.97 Å². The zero-order valence-electron chi connectivity index (χ0n) is 10.8. The third-order valence-corrected chi connectivity index (χ3v) is 4.14. The van der Waals surface area contributed by atoms with Crippen molar-refractivity contribution in [2.24, 2.45) is 0 Å². The van der Waals surface area contributed by atoms with Crippen LogP contribution in [0.15, 0.2) is 34.6 Å². The normalized spacial score (nSPS) is 24.8. The van der Waals surface area contributed by atoms with Crippen molar-refractivity contribution < 1.29 is 9.53 Å². The number of carbonyl (C=O) groups is 1. The lowest BCUT2D eigenvalue weighted by molar-refractivity contribution is -0.133. The summed E-state index contributed by atoms with van der Waals surface area (Å²) in [6.07, 6.45) is 14.8. The topological polar surface area (TPSA) is 26.3 Å². The first kappa shape index (κ1) is 11.8. The van der Waals surface area contributed by atoms with E-state index in [0.717, 1.165) is 37.0 Å². The second-order valence-electron chi connectivity index (χ2n) is 5.45. The number of hydrogen-bond donors (Lipinski definition) is 0. The van der Waals surface area contributed by atoms with Gasteiger partial charge in [-0.25, -0.2) is 4.79 Å². The van der Waals surface area contributed by atoms with Crippen LogP contribution in [0.25, 0.3) is 0 Å². The average Bonchev–Trinajstić information content (AvgIpc) is 2.83. The largest absolute Gasteiger partial charge is 0.423 e. The summed E-state index contributed by atoms with van der Waals surface area (Å²) in [6, 6.07) is 0. The minimum Gasteiger partial charge on any atom is -0.423 e. The number of esters is 1. The Morgan fingerprint density at radius 3 is 2.44 bits per heavy atom. The standard InChI is InChI=1S/C16H20O2/c17-16-14(12-7-3-1-4-8-12)11-15(18-16)13-9-5-2-6-10-13/h7,11H,1-6,8-10H2. The molecule has 0 aromatic rings. The van der Waals surface area contributed by atoms with Crippen molar-refractivity contribution >= 4 is 5.97 Å². The number of cyclic esters (lactones) is 1. The molecule has 2 heteroatoms. The number of rotatable bonds is 1. The van der Waals surface area contributed by atoms with Crippen molar-refractivity contribution in [3.8, 4) is 0 Å². The van der Waals surface area contributed by atoms with Crippen molar-refractivity contribution in [3.63, 3.8) is 0 Å². The van der Waals surface area contributed by atoms with E-state index in [4.69, 9.17) is 4.74 Å². The highest BCUT2D eigenvalue weighted by Gasteiger charge is 2.27. The second kappa shape index (κ2) is 5.13. The van der Waals surface area contributed by atoms with Crippen LogP contribution in [0.1, 0.15) is 57.8 Å². The summed E-state index contributed by atoms with van der Waals surface area (Å²) in [5.74, 6) is 0.734. The molecule has 18 heavy (non-hydrogen) atoms. The van der Waals surface area contributed by atoms with Gasteiger partial charge in [-0.05, 0) is 68.6 Å². The third-order valence-electron chi connectivity index (χ3n) is 4.14. The van der Waals surface area contributed by atoms with Gasteiger partial charge in [0.25, 0.3) is 0 Å². The zero-order valence-corrected chi connectivity index (χ0v) is 10.8. The maximum Gasteiger partial charge on any atom is 0.343 e. The second-order valence-corrected chi connectivity index (χ2v) is 5.45. The molecule has 0 radical (unpaired) electrons. The van der Waals surface area contributed by atoms with E-state index in [9.17, 15) is 4.79 Å². The molecular formula is C16H20O2. The Hall–Kier alpha value is -1.31. The van der Waals surface area contributed by atoms with Gasteiger partial charge in [0, 0.05) is 0 Å². The molecule has 1 saturated carbocycles. The lowest BCUT2D eigenvalue weighted by atomic mass is 9.92. The molecule has 96 valence electrons. The van der Waals surface area contributed by atoms with E-state index in [0.29, 0.717) is 0 Å². The van der Waals surface area contributed by atoms with E-state index >= 15 is 0 Å². The lowest BCUT2D eigenvalue weighted by Crippen LogP contribution is -2.05. The maximum absolute atomic E-state index is 12.0. The SMILES string of the molecule is O=C1OC(=C2CCCCC2)C=C1C1=CCCCC1. The summed E-state index contributed by atoms with van der Waals surface area (Å²) in [4.78, 5) is 12.0. The number of hydrogen-bond acceptors (Lipinski definition) is 2. The van der Waals surface area contributed by atoms with E-state index in [1.807, 2.05) is 6.08 Å². The van der Waals surface area contributed by atoms with Crippen LogP contribution in [-0.4, -0.2) is 5.97 Å². The molecule has 0 N–H and O–H groups in total. The van der Waals surface area contributed by atoms with E-state index in [2.05, 4.69) is 6.08 Å². The van der Waals surface area contributed by atoms with Gasteiger partial charge in [-0.2, -0.15) is 0 Å². The number of carbonyl (C=O) groups excluding carboxylic acids is 1. The smallest absolute Gasteiger partial charge is 0.343 e. The van der Waals surface area contributed by atoms with Crippen molar-refractivity contribution in [2.45, 2.75) is 57.8 Å². The highest BCUT2D eigenvalue weighted by molar-refractivity contribution is 5.97. The Labute approximate surface area is 108 Å². The van der Waals surface area contributed by atoms with Gasteiger partial charge in [-0.3, -0.25) is 0 Å². The van der Waals surface area contributed by atoms with Gasteiger partial charge in [0.1, 0.15) is 5.76 Å². The van der Waals surface area contributed by atoms with Crippen LogP contribution >= 0.6 is 0 Å². The van der Waals surface area contributed by atoms with Crippen LogP contribution in [0.2, 0.25) is 0 Å². The predicted molar refractivity (Wildman–Crippen MR) is 70.8 cm³/mol. The summed E-state index contributed by atoms with van der Waals surface area (Å²) in [7, 11) is 0. The van der Waals surface area contributed by atoms with Gasteiger partial charge in [-0.15, -0.1) is 0 Å². The first-order valence-electron chi connectivity index (χ1n) is 7.20. The van der Waals surface area contributed by atoms with Gasteiger partial charge in [0.2, 0.25) is 0 Å². The molecule has 0 aromatic heterocycles. The predicted octanol–water partition coefficient (Wildman–Crippen LogP) is 4.19. The Morgan fingerprint density at radius 2 is 1.72 bits per heavy atom. The minimum absolute atomic E-state index is 0.128. The first-order chi connectivity index (χ1) is 8.84. The fourth-order valence-electron chi connectivity index (χ4n) is 3.08. The number of allylic oxidation sites excluding steroid dienone is 3. The summed E-state index contributed by atoms with van der Waals surface area (Å²) in [5.41, 5.74) is 3.38. The van der Waals surface area contributed by atoms with Gasteiger partial charge >= 0.3 is 5.97 Å². The molecule has 0 bridgehead atoms. The van der Waals surface area contributed by atoms with Gasteiger partial charge in [0.15, 0.2) is 0 Å². The van der Waals surface area contributed by atoms with Crippen molar-refractivity contribution in [2.75, 3.05) is 0 Å². The maximum atomic E-state index is 12.0. The fourth-order valence-corrected chi connectivity index (χ4v) is 3.08. The van der Waals surface area contributed by atoms with Crippen molar-refractivity contribution in [1.82, 2.24) is 0 Å². The Morgan fingerprint density at radius 1 is 0.944 bits per heavy atom. The molecule has 0 aromatic carbocycles. The summed E-state index contributed by atoms with van der Waals surface area (Å²) in [5, 5.41) is 0. The van der Waals surface area contributed by atoms with E-state index in [1.165, 1.54) is 43.3 Å². The van der Waals surface area contributed by atoms with E-state index in [1.54, 1.807) is 0 Å². The number of ether oxygens (including phenoxy) is 1. The van der Waals surface area contributed by atoms with Crippen LogP contribution in [0.5, 0.6) is 0 Å². The Kier molecular flexibility index (Phi) is 3.35. The molecular weight excluding hydrogens is 224 g/mol. The van der Waals surface area contributed by atoms with Gasteiger partial charge < -0.3 is 4.74 Å². The molecule has 0 amide bonds. The molecule has 3 rings (SSSR count). The Balaban J connectivity index is 1.86. The molecule has 1 fully saturated rings. The molecule has 0 unspecified atom stereocenters. The van der Waals surface area contributed by atoms with Crippen LogP contribution in [-0.2, 0) is 9.53 Å². The van der Waals surface area contributed by atoms with Gasteiger partial charge in [-0.1, -0.05) is 12.5 Å². The molecule has 2 nitrogen and oxygen atoms in total. The lowest BCUT2D eigenvalue weighted by Gasteiger charge is -2.14. The average molecular weight is 244 g/mol. The van der Waals surface area contributed by atoms with Crippen LogP contribution in [0, 0.1) is 0 Å². The molecule has 0 spiro atoms. The third kappa shape index (κ3) is 2.29. The highest BCUT2D eigenvalue weighted by Crippen LogP contribution is 2.34. The molecule has 2 aliphatic carbocycles. The Bertz CT molecular complexity index is 444. The zero-order chi connectivity index (χ0) is 12.4. The van der Waals surface area contributed by atoms with Crippen LogP contribution in [0.3, 0.4) is 0 Å². The highest BCUT2D eigenvalue weighted by atomic mass is 16.5. The fraction of sp³-hybridized carbons (Fsp3) is 0.562. The molecule has 1 heterocycles. The summed E-state index contributed by atoms with van der Waals surface area (Å²) in [6.45, 7) is 0. The van der Waals surface area contributed by atoms with Crippen LogP contribution < -0.4 is 0 Å². The molecule has 0 atom stereocenters.